The van der Waals surface area contributed by atoms with E-state index in [1.165, 1.54) is 17.4 Å². The molecule has 0 spiro atoms. The van der Waals surface area contributed by atoms with Crippen LogP contribution in [-0.4, -0.2) is 30.1 Å². The Kier molecular flexibility index (Phi) is 4.93. The summed E-state index contributed by atoms with van der Waals surface area (Å²) in [5.41, 5.74) is 3.91. The summed E-state index contributed by atoms with van der Waals surface area (Å²) in [5, 5.41) is 3.13. The van der Waals surface area contributed by atoms with E-state index in [-0.39, 0.29) is 24.2 Å². The Balaban J connectivity index is 1.60. The number of carbonyl (C=O) groups is 1. The molecule has 0 bridgehead atoms. The van der Waals surface area contributed by atoms with Crippen LogP contribution in [0.1, 0.15) is 35.8 Å². The van der Waals surface area contributed by atoms with Crippen LogP contribution in [0.5, 0.6) is 0 Å². The van der Waals surface area contributed by atoms with Gasteiger partial charge in [0.15, 0.2) is 9.84 Å². The number of nitrogens with one attached hydrogen (secondary N) is 1. The van der Waals surface area contributed by atoms with Crippen LogP contribution < -0.4 is 5.32 Å². The average Bonchev–Trinajstić information content (AvgIpc) is 2.97. The standard InChI is InChI=1S/C21H23N3O3S/c1-28(26,27)14-20-22-18-10-4-5-12-19(18)24(20)13-21(25)23-17-11-6-8-15-7-2-3-9-16(15)17/h2-5,7,9-10,12,17H,6,8,11,13-14H2,1H3,(H,23,25). The first-order chi connectivity index (χ1) is 13.4. The highest BCUT2D eigenvalue weighted by atomic mass is 32.2. The van der Waals surface area contributed by atoms with E-state index in [1.807, 2.05) is 36.4 Å². The lowest BCUT2D eigenvalue weighted by Gasteiger charge is -2.26. The van der Waals surface area contributed by atoms with Crippen molar-refractivity contribution in [1.29, 1.82) is 0 Å². The van der Waals surface area contributed by atoms with Gasteiger partial charge in [-0.15, -0.1) is 0 Å². The first-order valence-electron chi connectivity index (χ1n) is 9.40. The number of hydrogen-bond donors (Lipinski definition) is 1. The van der Waals surface area contributed by atoms with Crippen LogP contribution in [-0.2, 0) is 33.4 Å². The van der Waals surface area contributed by atoms with Crippen molar-refractivity contribution in [3.63, 3.8) is 0 Å². The molecule has 1 heterocycles. The molecular weight excluding hydrogens is 374 g/mol. The summed E-state index contributed by atoms with van der Waals surface area (Å²) >= 11 is 0. The lowest BCUT2D eigenvalue weighted by atomic mass is 9.88. The SMILES string of the molecule is CS(=O)(=O)Cc1nc2ccccc2n1CC(=O)NC1CCCc2ccccc21. The smallest absolute Gasteiger partial charge is 0.240 e. The molecule has 6 nitrogen and oxygen atoms in total. The van der Waals surface area contributed by atoms with E-state index in [2.05, 4.69) is 22.4 Å². The van der Waals surface area contributed by atoms with Gasteiger partial charge in [0.2, 0.25) is 5.91 Å². The molecule has 2 aromatic carbocycles. The Bertz CT molecular complexity index is 1130. The minimum absolute atomic E-state index is 0.00871. The monoisotopic (exact) mass is 397 g/mol. The number of fused-ring (bicyclic) bond motifs is 2. The van der Waals surface area contributed by atoms with Gasteiger partial charge in [0.05, 0.1) is 17.1 Å². The van der Waals surface area contributed by atoms with Gasteiger partial charge in [-0.1, -0.05) is 36.4 Å². The van der Waals surface area contributed by atoms with Gasteiger partial charge < -0.3 is 9.88 Å². The second-order valence-electron chi connectivity index (χ2n) is 7.38. The van der Waals surface area contributed by atoms with Crippen LogP contribution in [0.25, 0.3) is 11.0 Å². The quantitative estimate of drug-likeness (QED) is 0.718. The van der Waals surface area contributed by atoms with E-state index in [4.69, 9.17) is 0 Å². The maximum atomic E-state index is 12.8. The van der Waals surface area contributed by atoms with Gasteiger partial charge in [0.25, 0.3) is 0 Å². The molecule has 146 valence electrons. The minimum atomic E-state index is -3.27. The van der Waals surface area contributed by atoms with Crippen molar-refractivity contribution in [3.05, 3.63) is 65.5 Å². The Morgan fingerprint density at radius 3 is 2.75 bits per heavy atom. The number of benzene rings is 2. The van der Waals surface area contributed by atoms with Gasteiger partial charge in [0.1, 0.15) is 18.1 Å². The number of aryl methyl sites for hydroxylation is 1. The number of rotatable bonds is 5. The fourth-order valence-corrected chi connectivity index (χ4v) is 4.62. The topological polar surface area (TPSA) is 81.1 Å². The molecule has 1 aromatic heterocycles. The van der Waals surface area contributed by atoms with Gasteiger partial charge in [-0.05, 0) is 42.5 Å². The maximum absolute atomic E-state index is 12.8. The van der Waals surface area contributed by atoms with Crippen molar-refractivity contribution >= 4 is 26.8 Å². The number of hydrogen-bond acceptors (Lipinski definition) is 4. The fraction of sp³-hybridized carbons (Fsp3) is 0.333. The van der Waals surface area contributed by atoms with Crippen LogP contribution >= 0.6 is 0 Å². The van der Waals surface area contributed by atoms with Crippen LogP contribution in [0.2, 0.25) is 0 Å². The van der Waals surface area contributed by atoms with Crippen molar-refractivity contribution in [3.8, 4) is 0 Å². The second-order valence-corrected chi connectivity index (χ2v) is 9.52. The van der Waals surface area contributed by atoms with Crippen LogP contribution in [0.4, 0.5) is 0 Å². The summed E-state index contributed by atoms with van der Waals surface area (Å²) in [7, 11) is -3.27. The van der Waals surface area contributed by atoms with Gasteiger partial charge in [0, 0.05) is 6.26 Å². The molecule has 0 radical (unpaired) electrons. The first-order valence-corrected chi connectivity index (χ1v) is 11.5. The molecule has 1 atom stereocenters. The zero-order valence-electron chi connectivity index (χ0n) is 15.8. The molecule has 7 heteroatoms. The number of sulfone groups is 1. The van der Waals surface area contributed by atoms with E-state index < -0.39 is 9.84 Å². The summed E-state index contributed by atoms with van der Waals surface area (Å²) in [6.45, 7) is 0.0457. The van der Waals surface area contributed by atoms with Crippen LogP contribution in [0.3, 0.4) is 0 Å². The largest absolute Gasteiger partial charge is 0.348 e. The lowest BCUT2D eigenvalue weighted by molar-refractivity contribution is -0.122. The third-order valence-electron chi connectivity index (χ3n) is 5.13. The highest BCUT2D eigenvalue weighted by Crippen LogP contribution is 2.29. The van der Waals surface area contributed by atoms with Gasteiger partial charge in [-0.2, -0.15) is 0 Å². The molecule has 1 aliphatic rings. The van der Waals surface area contributed by atoms with E-state index in [0.29, 0.717) is 11.3 Å². The van der Waals surface area contributed by atoms with E-state index in [1.54, 1.807) is 4.57 Å². The predicted molar refractivity (Wildman–Crippen MR) is 109 cm³/mol. The molecule has 0 saturated carbocycles. The van der Waals surface area contributed by atoms with Crippen molar-refractivity contribution in [1.82, 2.24) is 14.9 Å². The number of amides is 1. The number of carbonyl (C=O) groups excluding carboxylic acids is 1. The summed E-state index contributed by atoms with van der Waals surface area (Å²) < 4.78 is 25.3. The number of nitrogens with zero attached hydrogens (tertiary/aromatic N) is 2. The summed E-state index contributed by atoms with van der Waals surface area (Å²) in [4.78, 5) is 17.3. The third-order valence-corrected chi connectivity index (χ3v) is 5.91. The normalized spacial score (nSPS) is 16.7. The molecule has 1 amide bonds. The summed E-state index contributed by atoms with van der Waals surface area (Å²) in [6.07, 6.45) is 4.15. The Hall–Kier alpha value is -2.67. The molecule has 0 fully saturated rings. The summed E-state index contributed by atoms with van der Waals surface area (Å²) in [5.74, 6) is 0.0591. The highest BCUT2D eigenvalue weighted by Gasteiger charge is 2.23. The molecule has 1 unspecified atom stereocenters. The predicted octanol–water partition coefficient (Wildman–Crippen LogP) is 2.77. The van der Waals surface area contributed by atoms with Gasteiger partial charge >= 0.3 is 0 Å². The zero-order chi connectivity index (χ0) is 19.7. The Morgan fingerprint density at radius 2 is 1.93 bits per heavy atom. The third kappa shape index (κ3) is 3.94. The maximum Gasteiger partial charge on any atom is 0.240 e. The molecule has 1 aliphatic carbocycles. The number of para-hydroxylation sites is 2. The molecule has 28 heavy (non-hydrogen) atoms. The second kappa shape index (κ2) is 7.39. The fourth-order valence-electron chi connectivity index (χ4n) is 3.93. The van der Waals surface area contributed by atoms with Crippen LogP contribution in [0.15, 0.2) is 48.5 Å². The Labute approximate surface area is 164 Å². The number of imidazole rings is 1. The Morgan fingerprint density at radius 1 is 1.18 bits per heavy atom. The zero-order valence-corrected chi connectivity index (χ0v) is 16.6. The molecule has 1 N–H and O–H groups in total. The molecule has 0 saturated heterocycles. The minimum Gasteiger partial charge on any atom is -0.348 e. The van der Waals surface area contributed by atoms with Crippen molar-refractivity contribution in [2.45, 2.75) is 37.6 Å². The van der Waals surface area contributed by atoms with E-state index in [0.717, 1.165) is 24.8 Å². The highest BCUT2D eigenvalue weighted by molar-refractivity contribution is 7.89. The van der Waals surface area contributed by atoms with Crippen LogP contribution in [0, 0.1) is 0 Å². The van der Waals surface area contributed by atoms with Gasteiger partial charge in [-0.25, -0.2) is 13.4 Å². The molecular formula is C21H23N3O3S. The van der Waals surface area contributed by atoms with E-state index in [9.17, 15) is 13.2 Å². The van der Waals surface area contributed by atoms with Crippen molar-refractivity contribution in [2.75, 3.05) is 6.26 Å². The summed E-state index contributed by atoms with van der Waals surface area (Å²) in [6, 6.07) is 15.6. The van der Waals surface area contributed by atoms with Gasteiger partial charge in [-0.3, -0.25) is 4.79 Å². The molecule has 4 rings (SSSR count). The van der Waals surface area contributed by atoms with E-state index >= 15 is 0 Å². The average molecular weight is 398 g/mol. The lowest BCUT2D eigenvalue weighted by Crippen LogP contribution is -2.33. The first kappa shape index (κ1) is 18.7. The number of aromatic nitrogens is 2. The van der Waals surface area contributed by atoms with Crippen molar-refractivity contribution < 1.29 is 13.2 Å². The molecule has 3 aromatic rings. The molecule has 0 aliphatic heterocycles. The van der Waals surface area contributed by atoms with Crippen molar-refractivity contribution in [2.24, 2.45) is 0 Å².